The molecule has 0 radical (unpaired) electrons. The van der Waals surface area contributed by atoms with Gasteiger partial charge in [-0.25, -0.2) is 9.37 Å². The summed E-state index contributed by atoms with van der Waals surface area (Å²) in [7, 11) is 0. The van der Waals surface area contributed by atoms with Crippen molar-refractivity contribution >= 4 is 28.5 Å². The number of aromatic amines is 2. The van der Waals surface area contributed by atoms with Gasteiger partial charge in [-0.3, -0.25) is 29.4 Å². The summed E-state index contributed by atoms with van der Waals surface area (Å²) in [6.45, 7) is 5.68. The summed E-state index contributed by atoms with van der Waals surface area (Å²) < 4.78 is 20.5. The van der Waals surface area contributed by atoms with E-state index in [1.807, 2.05) is 47.6 Å². The number of hydrogen-bond donors (Lipinski definition) is 3. The van der Waals surface area contributed by atoms with Crippen LogP contribution in [0.4, 0.5) is 4.39 Å². The van der Waals surface area contributed by atoms with Gasteiger partial charge in [0.05, 0.1) is 54.7 Å². The lowest BCUT2D eigenvalue weighted by atomic mass is 10.1. The molecule has 0 aliphatic carbocycles. The highest BCUT2D eigenvalue weighted by molar-refractivity contribution is 6.45. The number of pyridine rings is 1. The van der Waals surface area contributed by atoms with Gasteiger partial charge < -0.3 is 19.9 Å². The van der Waals surface area contributed by atoms with Crippen LogP contribution in [0.1, 0.15) is 20.8 Å². The van der Waals surface area contributed by atoms with Gasteiger partial charge in [0.1, 0.15) is 17.1 Å². The van der Waals surface area contributed by atoms with Crippen LogP contribution in [0.15, 0.2) is 61.1 Å². The van der Waals surface area contributed by atoms with Gasteiger partial charge in [0, 0.05) is 57.2 Å². The molecule has 0 atom stereocenters. The van der Waals surface area contributed by atoms with E-state index < -0.39 is 17.5 Å². The van der Waals surface area contributed by atoms with Crippen molar-refractivity contribution in [2.45, 2.75) is 0 Å². The third kappa shape index (κ3) is 6.22. The van der Waals surface area contributed by atoms with Gasteiger partial charge in [-0.1, -0.05) is 30.3 Å². The van der Waals surface area contributed by atoms with Crippen LogP contribution in [0.25, 0.3) is 33.5 Å². The molecule has 47 heavy (non-hydrogen) atoms. The summed E-state index contributed by atoms with van der Waals surface area (Å²) in [6, 6.07) is 13.3. The maximum Gasteiger partial charge on any atom is 0.295 e. The van der Waals surface area contributed by atoms with Crippen LogP contribution in [0.5, 0.6) is 0 Å². The number of carbonyl (C=O) groups is 3. The zero-order valence-corrected chi connectivity index (χ0v) is 25.5. The first-order chi connectivity index (χ1) is 23.0. The Hall–Kier alpha value is -5.41. The van der Waals surface area contributed by atoms with E-state index in [1.54, 1.807) is 4.79 Å². The molecule has 0 unspecified atom stereocenters. The van der Waals surface area contributed by atoms with Gasteiger partial charge in [0.2, 0.25) is 0 Å². The average molecular weight is 641 g/mol. The lowest BCUT2D eigenvalue weighted by Crippen LogP contribution is -2.54. The number of piperazine rings is 1. The number of nitrogens with zero attached hydrogens (tertiary/aromatic N) is 7. The Morgan fingerprint density at radius 1 is 0.979 bits per heavy atom. The largest absolute Gasteiger partial charge is 0.379 e. The second kappa shape index (κ2) is 13.1. The molecule has 2 aliphatic heterocycles. The van der Waals surface area contributed by atoms with Crippen LogP contribution in [0, 0.1) is 5.82 Å². The summed E-state index contributed by atoms with van der Waals surface area (Å²) in [5, 5.41) is 16.4. The second-order valence-corrected chi connectivity index (χ2v) is 11.3. The van der Waals surface area contributed by atoms with E-state index in [0.29, 0.717) is 52.5 Å². The number of H-pyrrole nitrogens is 2. The Labute approximate surface area is 268 Å². The Morgan fingerprint density at radius 3 is 2.55 bits per heavy atom. The third-order valence-corrected chi connectivity index (χ3v) is 8.46. The van der Waals surface area contributed by atoms with Crippen molar-refractivity contribution in [3.63, 3.8) is 0 Å². The number of Topliss-reactive ketones (excluding diaryl/α,β-unsaturated/α-hetero) is 1. The fourth-order valence-electron chi connectivity index (χ4n) is 5.89. The van der Waals surface area contributed by atoms with Gasteiger partial charge in [-0.2, -0.15) is 15.0 Å². The van der Waals surface area contributed by atoms with E-state index in [9.17, 15) is 14.4 Å². The maximum absolute atomic E-state index is 15.2. The van der Waals surface area contributed by atoms with Crippen molar-refractivity contribution in [2.24, 2.45) is 0 Å². The molecule has 0 bridgehead atoms. The Morgan fingerprint density at radius 2 is 1.77 bits per heavy atom. The number of halogens is 1. The molecular weight excluding hydrogens is 607 g/mol. The summed E-state index contributed by atoms with van der Waals surface area (Å²) in [5.41, 5.74) is 2.68. The number of nitrogens with one attached hydrogen (secondary N) is 3. The van der Waals surface area contributed by atoms with Gasteiger partial charge >= 0.3 is 0 Å². The molecule has 242 valence electrons. The van der Waals surface area contributed by atoms with Crippen LogP contribution >= 0.6 is 0 Å². The minimum absolute atomic E-state index is 0.0588. The zero-order chi connectivity index (χ0) is 32.3. The number of fused-ring (bicyclic) bond motifs is 1. The molecule has 7 rings (SSSR count). The number of hydrogen-bond acceptors (Lipinski definition) is 9. The monoisotopic (exact) mass is 640 g/mol. The van der Waals surface area contributed by atoms with E-state index in [0.717, 1.165) is 30.5 Å². The van der Waals surface area contributed by atoms with Crippen molar-refractivity contribution < 1.29 is 23.5 Å². The number of rotatable bonds is 9. The zero-order valence-electron chi connectivity index (χ0n) is 25.5. The normalized spacial score (nSPS) is 15.7. The molecule has 0 spiro atoms. The first kappa shape index (κ1) is 30.3. The van der Waals surface area contributed by atoms with E-state index in [-0.39, 0.29) is 39.5 Å². The third-order valence-electron chi connectivity index (χ3n) is 8.46. The number of carbonyl (C=O) groups excluding carboxylic acids is 3. The van der Waals surface area contributed by atoms with Gasteiger partial charge in [-0.15, -0.1) is 0 Å². The van der Waals surface area contributed by atoms with Crippen molar-refractivity contribution in [1.82, 2.24) is 45.2 Å². The number of morpholine rings is 1. The fraction of sp³-hybridized carbons (Fsp3) is 0.312. The highest BCUT2D eigenvalue weighted by Crippen LogP contribution is 2.30. The van der Waals surface area contributed by atoms with Crippen molar-refractivity contribution in [3.05, 3.63) is 78.1 Å². The Kier molecular flexibility index (Phi) is 8.46. The lowest BCUT2D eigenvalue weighted by Gasteiger charge is -2.35. The number of ether oxygens (including phenoxy) is 1. The van der Waals surface area contributed by atoms with Crippen molar-refractivity contribution in [2.75, 3.05) is 70.6 Å². The van der Waals surface area contributed by atoms with Crippen LogP contribution in [0.2, 0.25) is 0 Å². The molecule has 2 fully saturated rings. The molecule has 0 saturated carbocycles. The first-order valence-electron chi connectivity index (χ1n) is 15.5. The number of ketones is 1. The molecule has 14 nitrogen and oxygen atoms in total. The Balaban J connectivity index is 1.01. The summed E-state index contributed by atoms with van der Waals surface area (Å²) in [4.78, 5) is 52.0. The molecule has 2 saturated heterocycles. The molecule has 4 aromatic heterocycles. The van der Waals surface area contributed by atoms with Crippen LogP contribution in [0.3, 0.4) is 0 Å². The van der Waals surface area contributed by atoms with E-state index in [4.69, 9.17) is 4.74 Å². The molecule has 2 amide bonds. The fourth-order valence-corrected chi connectivity index (χ4v) is 5.89. The molecular formula is C32H33FN10O4. The van der Waals surface area contributed by atoms with Crippen molar-refractivity contribution in [1.29, 1.82) is 0 Å². The molecule has 2 aliphatic rings. The van der Waals surface area contributed by atoms with Crippen LogP contribution in [-0.4, -0.2) is 123 Å². The molecule has 1 aromatic carbocycles. The quantitative estimate of drug-likeness (QED) is 0.161. The van der Waals surface area contributed by atoms with E-state index in [2.05, 4.69) is 35.5 Å². The summed E-state index contributed by atoms with van der Waals surface area (Å²) >= 11 is 0. The smallest absolute Gasteiger partial charge is 0.295 e. The summed E-state index contributed by atoms with van der Waals surface area (Å²) in [5.74, 6) is -2.64. The topological polar surface area (TPSA) is 157 Å². The molecule has 3 N–H and O–H groups in total. The average Bonchev–Trinajstić information content (AvgIpc) is 3.90. The molecule has 15 heteroatoms. The van der Waals surface area contributed by atoms with E-state index >= 15 is 4.39 Å². The van der Waals surface area contributed by atoms with Gasteiger partial charge in [-0.05, 0) is 12.1 Å². The minimum atomic E-state index is -0.825. The second-order valence-electron chi connectivity index (χ2n) is 11.3. The first-order valence-corrected chi connectivity index (χ1v) is 15.5. The van der Waals surface area contributed by atoms with Gasteiger partial charge in [0.25, 0.3) is 17.6 Å². The highest BCUT2D eigenvalue weighted by Gasteiger charge is 2.30. The van der Waals surface area contributed by atoms with Crippen molar-refractivity contribution in [3.8, 4) is 22.6 Å². The summed E-state index contributed by atoms with van der Waals surface area (Å²) in [6.07, 6.45) is 4.17. The van der Waals surface area contributed by atoms with Gasteiger partial charge in [0.15, 0.2) is 5.82 Å². The maximum atomic E-state index is 15.2. The predicted molar refractivity (Wildman–Crippen MR) is 170 cm³/mol. The standard InChI is InChI=1S/C32H33FN10O4/c33-23-20-36-28(25-18-26(38-37-25)31(45)34-7-9-40-14-16-47-17-15-40)29-27(23)22(19-35-29)30(44)32(46)41-10-12-42(13-11-41)43-8-6-24(39-43)21-4-2-1-3-5-21/h1-6,8,18-20,35H,7,9-17H2,(H,34,45)(H,37,38). The Bertz CT molecular complexity index is 1900. The SMILES string of the molecule is O=C(NCCN1CCOCC1)c1cc(-c2ncc(F)c3c(C(=O)C(=O)N4CCN(n5ccc(-c6ccccc6)n5)CC4)c[nH]c23)n[nH]1. The highest BCUT2D eigenvalue weighted by atomic mass is 19.1. The van der Waals surface area contributed by atoms with E-state index in [1.165, 1.54) is 17.2 Å². The predicted octanol–water partition coefficient (Wildman–Crippen LogP) is 1.68. The minimum Gasteiger partial charge on any atom is -0.379 e. The number of amides is 2. The number of aromatic nitrogens is 6. The van der Waals surface area contributed by atoms with Crippen LogP contribution < -0.4 is 10.3 Å². The van der Waals surface area contributed by atoms with Crippen LogP contribution in [-0.2, 0) is 9.53 Å². The molecule has 5 aromatic rings. The lowest BCUT2D eigenvalue weighted by molar-refractivity contribution is -0.126. The molecule has 6 heterocycles. The number of benzene rings is 1.